The van der Waals surface area contributed by atoms with Crippen LogP contribution >= 0.6 is 12.2 Å². The monoisotopic (exact) mass is 296 g/mol. The van der Waals surface area contributed by atoms with Gasteiger partial charge in [-0.25, -0.2) is 8.78 Å². The summed E-state index contributed by atoms with van der Waals surface area (Å²) in [5, 5.41) is 2.96. The molecular formula is C15H18F2N2S. The van der Waals surface area contributed by atoms with Crippen molar-refractivity contribution in [1.82, 2.24) is 0 Å². The molecular weight excluding hydrogens is 278 g/mol. The van der Waals surface area contributed by atoms with Gasteiger partial charge in [0.05, 0.1) is 0 Å². The van der Waals surface area contributed by atoms with Crippen LogP contribution in [0, 0.1) is 29.4 Å². The van der Waals surface area contributed by atoms with Gasteiger partial charge in [0.15, 0.2) is 0 Å². The number of benzene rings is 1. The third-order valence-electron chi connectivity index (χ3n) is 4.30. The Morgan fingerprint density at radius 2 is 1.70 bits per heavy atom. The fourth-order valence-corrected chi connectivity index (χ4v) is 2.99. The maximum absolute atomic E-state index is 13.9. The number of halogens is 2. The molecule has 2 aliphatic carbocycles. The smallest absolute Gasteiger partial charge is 0.150 e. The molecule has 1 aromatic rings. The first-order valence-corrected chi connectivity index (χ1v) is 7.50. The minimum Gasteiger partial charge on any atom is -0.389 e. The molecule has 2 nitrogen and oxygen atoms in total. The van der Waals surface area contributed by atoms with E-state index in [4.69, 9.17) is 18.0 Å². The van der Waals surface area contributed by atoms with Gasteiger partial charge in [0.25, 0.3) is 0 Å². The van der Waals surface area contributed by atoms with Gasteiger partial charge < -0.3 is 11.1 Å². The number of hydrogen-bond acceptors (Lipinski definition) is 2. The molecule has 0 aromatic heterocycles. The van der Waals surface area contributed by atoms with Crippen LogP contribution in [0.2, 0.25) is 0 Å². The quantitative estimate of drug-likeness (QED) is 0.790. The number of rotatable bonds is 6. The minimum absolute atomic E-state index is 0.00295. The fraction of sp³-hybridized carbons (Fsp3) is 0.533. The summed E-state index contributed by atoms with van der Waals surface area (Å²) < 4.78 is 27.9. The molecule has 3 N–H and O–H groups in total. The summed E-state index contributed by atoms with van der Waals surface area (Å²) in [6.07, 6.45) is 5.03. The third-order valence-corrected chi connectivity index (χ3v) is 4.53. The van der Waals surface area contributed by atoms with Gasteiger partial charge in [-0.05, 0) is 55.6 Å². The topological polar surface area (TPSA) is 38.0 Å². The van der Waals surface area contributed by atoms with Crippen molar-refractivity contribution in [1.29, 1.82) is 0 Å². The lowest BCUT2D eigenvalue weighted by Crippen LogP contribution is -2.20. The van der Waals surface area contributed by atoms with Gasteiger partial charge in [-0.2, -0.15) is 0 Å². The van der Waals surface area contributed by atoms with Crippen LogP contribution in [-0.2, 0) is 0 Å². The molecule has 0 heterocycles. The fourth-order valence-electron chi connectivity index (χ4n) is 2.87. The van der Waals surface area contributed by atoms with E-state index in [1.807, 2.05) is 0 Å². The van der Waals surface area contributed by atoms with E-state index < -0.39 is 11.6 Å². The lowest BCUT2D eigenvalue weighted by atomic mass is 9.98. The Hall–Kier alpha value is -1.23. The van der Waals surface area contributed by atoms with E-state index >= 15 is 0 Å². The second kappa shape index (κ2) is 5.28. The molecule has 1 aromatic carbocycles. The molecule has 0 amide bonds. The van der Waals surface area contributed by atoms with Crippen molar-refractivity contribution in [3.05, 3.63) is 29.3 Å². The summed E-state index contributed by atoms with van der Waals surface area (Å²) in [5.41, 5.74) is 5.56. The molecule has 20 heavy (non-hydrogen) atoms. The summed E-state index contributed by atoms with van der Waals surface area (Å²) in [7, 11) is 0. The molecule has 0 spiro atoms. The van der Waals surface area contributed by atoms with Crippen molar-refractivity contribution >= 4 is 22.9 Å². The van der Waals surface area contributed by atoms with E-state index in [-0.39, 0.29) is 16.2 Å². The van der Waals surface area contributed by atoms with Crippen molar-refractivity contribution in [2.24, 2.45) is 23.5 Å². The van der Waals surface area contributed by atoms with E-state index in [0.717, 1.165) is 11.8 Å². The van der Waals surface area contributed by atoms with Crippen LogP contribution in [-0.4, -0.2) is 11.5 Å². The lowest BCUT2D eigenvalue weighted by molar-refractivity contribution is 0.426. The molecule has 2 saturated carbocycles. The largest absolute Gasteiger partial charge is 0.389 e. The van der Waals surface area contributed by atoms with Gasteiger partial charge in [-0.3, -0.25) is 0 Å². The first kappa shape index (κ1) is 13.7. The van der Waals surface area contributed by atoms with Crippen LogP contribution in [0.4, 0.5) is 14.5 Å². The maximum atomic E-state index is 13.9. The van der Waals surface area contributed by atoms with Crippen molar-refractivity contribution in [2.45, 2.75) is 25.7 Å². The molecule has 3 rings (SSSR count). The predicted octanol–water partition coefficient (Wildman–Crippen LogP) is 3.45. The van der Waals surface area contributed by atoms with E-state index in [9.17, 15) is 8.78 Å². The SMILES string of the molecule is NC(=S)c1cc(F)c(NCC(C2CC2)C2CC2)c(F)c1. The summed E-state index contributed by atoms with van der Waals surface area (Å²) in [4.78, 5) is 0.00295. The second-order valence-electron chi connectivity index (χ2n) is 5.90. The first-order valence-electron chi connectivity index (χ1n) is 7.09. The zero-order chi connectivity index (χ0) is 14.3. The van der Waals surface area contributed by atoms with E-state index in [1.54, 1.807) is 0 Å². The molecule has 0 radical (unpaired) electrons. The van der Waals surface area contributed by atoms with Crippen LogP contribution in [0.5, 0.6) is 0 Å². The summed E-state index contributed by atoms with van der Waals surface area (Å²) in [6.45, 7) is 0.648. The molecule has 0 atom stereocenters. The second-order valence-corrected chi connectivity index (χ2v) is 6.34. The van der Waals surface area contributed by atoms with Crippen LogP contribution in [0.1, 0.15) is 31.2 Å². The molecule has 0 saturated heterocycles. The molecule has 0 aliphatic heterocycles. The highest BCUT2D eigenvalue weighted by Crippen LogP contribution is 2.49. The first-order chi connectivity index (χ1) is 9.56. The molecule has 2 aliphatic rings. The number of thiocarbonyl (C=S) groups is 1. The summed E-state index contributed by atoms with van der Waals surface area (Å²) >= 11 is 4.74. The average Bonchev–Trinajstić information content (AvgIpc) is 3.26. The molecule has 0 bridgehead atoms. The van der Waals surface area contributed by atoms with Crippen molar-refractivity contribution in [2.75, 3.05) is 11.9 Å². The Kier molecular flexibility index (Phi) is 3.63. The number of nitrogens with one attached hydrogen (secondary N) is 1. The number of anilines is 1. The Labute approximate surface area is 122 Å². The van der Waals surface area contributed by atoms with E-state index in [2.05, 4.69) is 5.32 Å². The van der Waals surface area contributed by atoms with Crippen molar-refractivity contribution in [3.63, 3.8) is 0 Å². The van der Waals surface area contributed by atoms with Crippen molar-refractivity contribution in [3.8, 4) is 0 Å². The standard InChI is InChI=1S/C15H18F2N2S/c16-12-5-10(15(18)20)6-13(17)14(12)19-7-11(8-1-2-8)9-3-4-9/h5-6,8-9,11,19H,1-4,7H2,(H2,18,20). The predicted molar refractivity (Wildman–Crippen MR) is 79.7 cm³/mol. The van der Waals surface area contributed by atoms with Gasteiger partial charge in [0.2, 0.25) is 0 Å². The highest BCUT2D eigenvalue weighted by Gasteiger charge is 2.41. The Balaban J connectivity index is 1.71. The van der Waals surface area contributed by atoms with Gasteiger partial charge in [-0.15, -0.1) is 0 Å². The summed E-state index contributed by atoms with van der Waals surface area (Å²) in [6, 6.07) is 2.38. The Morgan fingerprint density at radius 1 is 1.20 bits per heavy atom. The highest BCUT2D eigenvalue weighted by atomic mass is 32.1. The summed E-state index contributed by atoms with van der Waals surface area (Å²) in [5.74, 6) is 0.800. The lowest BCUT2D eigenvalue weighted by Gasteiger charge is -2.18. The van der Waals surface area contributed by atoms with Gasteiger partial charge >= 0.3 is 0 Å². The third kappa shape index (κ3) is 2.92. The highest BCUT2D eigenvalue weighted by molar-refractivity contribution is 7.80. The van der Waals surface area contributed by atoms with Crippen molar-refractivity contribution < 1.29 is 8.78 Å². The molecule has 5 heteroatoms. The Bertz CT molecular complexity index is 504. The maximum Gasteiger partial charge on any atom is 0.150 e. The number of nitrogens with two attached hydrogens (primary N) is 1. The van der Waals surface area contributed by atoms with Crippen LogP contribution in [0.15, 0.2) is 12.1 Å². The van der Waals surface area contributed by atoms with Crippen LogP contribution in [0.25, 0.3) is 0 Å². The zero-order valence-electron chi connectivity index (χ0n) is 11.2. The van der Waals surface area contributed by atoms with Gasteiger partial charge in [0.1, 0.15) is 22.3 Å². The van der Waals surface area contributed by atoms with Crippen LogP contribution in [0.3, 0.4) is 0 Å². The van der Waals surface area contributed by atoms with Gasteiger partial charge in [0, 0.05) is 12.1 Å². The normalized spacial score (nSPS) is 18.4. The Morgan fingerprint density at radius 3 is 2.10 bits per heavy atom. The van der Waals surface area contributed by atoms with E-state index in [1.165, 1.54) is 37.8 Å². The average molecular weight is 296 g/mol. The van der Waals surface area contributed by atoms with Gasteiger partial charge in [-0.1, -0.05) is 12.2 Å². The molecule has 2 fully saturated rings. The molecule has 0 unspecified atom stereocenters. The van der Waals surface area contributed by atoms with E-state index in [0.29, 0.717) is 12.5 Å². The number of hydrogen-bond donors (Lipinski definition) is 2. The minimum atomic E-state index is -0.627. The van der Waals surface area contributed by atoms with Crippen LogP contribution < -0.4 is 11.1 Å². The zero-order valence-corrected chi connectivity index (χ0v) is 12.0. The molecule has 108 valence electrons.